The first-order valence-electron chi connectivity index (χ1n) is 7.18. The van der Waals surface area contributed by atoms with Crippen LogP contribution in [0.5, 0.6) is 0 Å². The van der Waals surface area contributed by atoms with Gasteiger partial charge in [-0.2, -0.15) is 8.42 Å². The van der Waals surface area contributed by atoms with E-state index in [2.05, 4.69) is 20.8 Å². The maximum Gasteiger partial charge on any atom is 0.297 e. The summed E-state index contributed by atoms with van der Waals surface area (Å²) in [5, 5.41) is 0. The Balaban J connectivity index is 2.14. The van der Waals surface area contributed by atoms with Crippen molar-refractivity contribution in [2.75, 3.05) is 0 Å². The highest BCUT2D eigenvalue weighted by Gasteiger charge is 2.35. The van der Waals surface area contributed by atoms with Gasteiger partial charge in [-0.25, -0.2) is 0 Å². The third-order valence-corrected chi connectivity index (χ3v) is 5.29. The van der Waals surface area contributed by atoms with Gasteiger partial charge in [-0.1, -0.05) is 38.5 Å². The number of rotatable bonds is 3. The average Bonchev–Trinajstić information content (AvgIpc) is 2.25. The van der Waals surface area contributed by atoms with Crippen LogP contribution in [0.3, 0.4) is 0 Å². The molecule has 1 aromatic carbocycles. The Labute approximate surface area is 122 Å². The highest BCUT2D eigenvalue weighted by Crippen LogP contribution is 2.40. The molecule has 1 saturated carbocycles. The van der Waals surface area contributed by atoms with E-state index in [0.717, 1.165) is 24.8 Å². The molecular formula is C16H24O3S. The molecule has 0 spiro atoms. The van der Waals surface area contributed by atoms with Gasteiger partial charge in [0, 0.05) is 0 Å². The molecule has 0 saturated heterocycles. The van der Waals surface area contributed by atoms with E-state index in [1.807, 2.05) is 6.92 Å². The fourth-order valence-corrected chi connectivity index (χ4v) is 4.36. The Bertz CT molecular complexity index is 558. The van der Waals surface area contributed by atoms with E-state index in [4.69, 9.17) is 4.18 Å². The largest absolute Gasteiger partial charge is 0.297 e. The quantitative estimate of drug-likeness (QED) is 0.794. The molecule has 1 aliphatic rings. The first-order valence-corrected chi connectivity index (χ1v) is 8.59. The van der Waals surface area contributed by atoms with Crippen molar-refractivity contribution in [3.8, 4) is 0 Å². The van der Waals surface area contributed by atoms with Crippen LogP contribution in [0.1, 0.15) is 45.6 Å². The molecule has 1 fully saturated rings. The molecule has 3 nitrogen and oxygen atoms in total. The van der Waals surface area contributed by atoms with Crippen LogP contribution in [0.4, 0.5) is 0 Å². The van der Waals surface area contributed by atoms with Gasteiger partial charge in [-0.3, -0.25) is 4.18 Å². The molecule has 0 aliphatic heterocycles. The first kappa shape index (κ1) is 15.5. The van der Waals surface area contributed by atoms with Crippen LogP contribution < -0.4 is 0 Å². The van der Waals surface area contributed by atoms with Crippen LogP contribution >= 0.6 is 0 Å². The van der Waals surface area contributed by atoms with E-state index in [1.54, 1.807) is 24.3 Å². The second-order valence-electron chi connectivity index (χ2n) is 6.90. The summed E-state index contributed by atoms with van der Waals surface area (Å²) in [6, 6.07) is 6.82. The number of benzene rings is 1. The van der Waals surface area contributed by atoms with Gasteiger partial charge in [0.2, 0.25) is 0 Å². The molecule has 0 aromatic heterocycles. The van der Waals surface area contributed by atoms with Gasteiger partial charge in [0.15, 0.2) is 0 Å². The summed E-state index contributed by atoms with van der Waals surface area (Å²) < 4.78 is 30.1. The van der Waals surface area contributed by atoms with Gasteiger partial charge in [0.1, 0.15) is 0 Å². The summed E-state index contributed by atoms with van der Waals surface area (Å²) in [6.07, 6.45) is 2.52. The molecule has 20 heavy (non-hydrogen) atoms. The number of hydrogen-bond donors (Lipinski definition) is 0. The van der Waals surface area contributed by atoms with Crippen molar-refractivity contribution in [3.63, 3.8) is 0 Å². The van der Waals surface area contributed by atoms with E-state index in [1.165, 1.54) is 0 Å². The molecule has 1 aromatic rings. The van der Waals surface area contributed by atoms with Gasteiger partial charge < -0.3 is 0 Å². The number of hydrogen-bond acceptors (Lipinski definition) is 3. The topological polar surface area (TPSA) is 43.4 Å². The molecule has 2 atom stereocenters. The molecule has 1 aliphatic carbocycles. The van der Waals surface area contributed by atoms with E-state index in [9.17, 15) is 8.42 Å². The van der Waals surface area contributed by atoms with Crippen molar-refractivity contribution in [2.24, 2.45) is 11.3 Å². The van der Waals surface area contributed by atoms with Crippen molar-refractivity contribution in [2.45, 2.75) is 58.0 Å². The van der Waals surface area contributed by atoms with Crippen molar-refractivity contribution in [1.29, 1.82) is 0 Å². The minimum absolute atomic E-state index is 0.144. The van der Waals surface area contributed by atoms with Crippen molar-refractivity contribution in [3.05, 3.63) is 29.8 Å². The van der Waals surface area contributed by atoms with E-state index < -0.39 is 10.1 Å². The average molecular weight is 296 g/mol. The first-order chi connectivity index (χ1) is 9.18. The lowest BCUT2D eigenvalue weighted by atomic mass is 9.72. The van der Waals surface area contributed by atoms with Crippen LogP contribution in [-0.4, -0.2) is 14.5 Å². The predicted molar refractivity (Wildman–Crippen MR) is 80.0 cm³/mol. The molecule has 4 heteroatoms. The summed E-state index contributed by atoms with van der Waals surface area (Å²) >= 11 is 0. The molecule has 2 unspecified atom stereocenters. The maximum atomic E-state index is 12.3. The van der Waals surface area contributed by atoms with Gasteiger partial charge in [-0.15, -0.1) is 0 Å². The van der Waals surface area contributed by atoms with Crippen molar-refractivity contribution < 1.29 is 12.6 Å². The maximum absolute atomic E-state index is 12.3. The SMILES string of the molecule is Cc1ccc(S(=O)(=O)OC2CC(C)CC(C)(C)C2)cc1. The molecule has 0 N–H and O–H groups in total. The zero-order chi connectivity index (χ0) is 15.0. The molecule has 0 heterocycles. The minimum atomic E-state index is -3.65. The van der Waals surface area contributed by atoms with E-state index in [0.29, 0.717) is 5.92 Å². The zero-order valence-corrected chi connectivity index (χ0v) is 13.5. The Morgan fingerprint density at radius 2 is 1.75 bits per heavy atom. The standard InChI is InChI=1S/C16H24O3S/c1-12-5-7-15(8-6-12)20(17,18)19-14-9-13(2)10-16(3,4)11-14/h5-8,13-14H,9-11H2,1-4H3. The monoisotopic (exact) mass is 296 g/mol. The molecule has 2 rings (SSSR count). The Morgan fingerprint density at radius 3 is 2.30 bits per heavy atom. The molecule has 0 amide bonds. The molecule has 112 valence electrons. The lowest BCUT2D eigenvalue weighted by Gasteiger charge is -2.38. The second-order valence-corrected chi connectivity index (χ2v) is 8.47. The van der Waals surface area contributed by atoms with Crippen LogP contribution in [0.25, 0.3) is 0 Å². The van der Waals surface area contributed by atoms with Gasteiger partial charge >= 0.3 is 0 Å². The summed E-state index contributed by atoms with van der Waals surface area (Å²) in [6.45, 7) is 8.45. The van der Waals surface area contributed by atoms with Gasteiger partial charge in [0.25, 0.3) is 10.1 Å². The lowest BCUT2D eigenvalue weighted by molar-refractivity contribution is 0.0608. The third kappa shape index (κ3) is 3.83. The highest BCUT2D eigenvalue weighted by molar-refractivity contribution is 7.86. The van der Waals surface area contributed by atoms with E-state index >= 15 is 0 Å². The number of aryl methyl sites for hydroxylation is 1. The molecular weight excluding hydrogens is 272 g/mol. The normalized spacial score (nSPS) is 26.4. The zero-order valence-electron chi connectivity index (χ0n) is 12.7. The van der Waals surface area contributed by atoms with Gasteiger partial charge in [-0.05, 0) is 49.7 Å². The highest BCUT2D eigenvalue weighted by atomic mass is 32.2. The third-order valence-electron chi connectivity index (χ3n) is 3.92. The fraction of sp³-hybridized carbons (Fsp3) is 0.625. The Morgan fingerprint density at radius 1 is 1.15 bits per heavy atom. The van der Waals surface area contributed by atoms with Crippen LogP contribution in [0.2, 0.25) is 0 Å². The van der Waals surface area contributed by atoms with Crippen LogP contribution in [0.15, 0.2) is 29.2 Å². The predicted octanol–water partition coefficient (Wildman–Crippen LogP) is 3.92. The fourth-order valence-electron chi connectivity index (χ4n) is 3.27. The summed E-state index contributed by atoms with van der Waals surface area (Å²) in [7, 11) is -3.65. The van der Waals surface area contributed by atoms with Crippen LogP contribution in [-0.2, 0) is 14.3 Å². The van der Waals surface area contributed by atoms with Crippen molar-refractivity contribution >= 4 is 10.1 Å². The van der Waals surface area contributed by atoms with Gasteiger partial charge in [0.05, 0.1) is 11.0 Å². The summed E-state index contributed by atoms with van der Waals surface area (Å²) in [5.74, 6) is 0.497. The smallest absolute Gasteiger partial charge is 0.263 e. The van der Waals surface area contributed by atoms with Crippen LogP contribution in [0, 0.1) is 18.3 Å². The van der Waals surface area contributed by atoms with Crippen molar-refractivity contribution in [1.82, 2.24) is 0 Å². The summed E-state index contributed by atoms with van der Waals surface area (Å²) in [4.78, 5) is 0.249. The molecule has 0 bridgehead atoms. The second kappa shape index (κ2) is 5.49. The summed E-state index contributed by atoms with van der Waals surface area (Å²) in [5.41, 5.74) is 1.18. The Kier molecular flexibility index (Phi) is 4.26. The van der Waals surface area contributed by atoms with E-state index in [-0.39, 0.29) is 16.4 Å². The molecule has 0 radical (unpaired) electrons. The minimum Gasteiger partial charge on any atom is -0.263 e. The Hall–Kier alpha value is -0.870. The lowest BCUT2D eigenvalue weighted by Crippen LogP contribution is -2.33.